The molecule has 1 aromatic rings. The van der Waals surface area contributed by atoms with Gasteiger partial charge in [-0.05, 0) is 44.2 Å². The minimum Gasteiger partial charge on any atom is -0.396 e. The summed E-state index contributed by atoms with van der Waals surface area (Å²) < 4.78 is 0. The van der Waals surface area contributed by atoms with E-state index < -0.39 is 0 Å². The van der Waals surface area contributed by atoms with Crippen LogP contribution >= 0.6 is 0 Å². The van der Waals surface area contributed by atoms with Gasteiger partial charge in [-0.25, -0.2) is 0 Å². The van der Waals surface area contributed by atoms with Crippen molar-refractivity contribution in [3.63, 3.8) is 0 Å². The van der Waals surface area contributed by atoms with Gasteiger partial charge in [-0.15, -0.1) is 0 Å². The zero-order valence-corrected chi connectivity index (χ0v) is 15.3. The molecule has 1 amide bonds. The summed E-state index contributed by atoms with van der Waals surface area (Å²) in [5.41, 5.74) is 2.87. The van der Waals surface area contributed by atoms with E-state index in [9.17, 15) is 15.0 Å². The fraction of sp³-hybridized carbons (Fsp3) is 0.650. The minimum atomic E-state index is -0.171. The van der Waals surface area contributed by atoms with Crippen molar-refractivity contribution in [2.24, 2.45) is 11.8 Å². The maximum atomic E-state index is 13.0. The maximum Gasteiger partial charge on any atom is 0.254 e. The lowest BCUT2D eigenvalue weighted by Gasteiger charge is -2.32. The Kier molecular flexibility index (Phi) is 5.77. The van der Waals surface area contributed by atoms with Crippen LogP contribution in [0.15, 0.2) is 18.2 Å². The van der Waals surface area contributed by atoms with Gasteiger partial charge in [0, 0.05) is 50.8 Å². The normalized spacial score (nSPS) is 25.5. The lowest BCUT2D eigenvalue weighted by atomic mass is 9.95. The molecule has 0 saturated carbocycles. The quantitative estimate of drug-likeness (QED) is 0.866. The molecule has 2 N–H and O–H groups in total. The van der Waals surface area contributed by atoms with Gasteiger partial charge in [-0.2, -0.15) is 0 Å². The van der Waals surface area contributed by atoms with Gasteiger partial charge in [0.05, 0.1) is 6.10 Å². The van der Waals surface area contributed by atoms with Crippen LogP contribution in [-0.4, -0.2) is 71.4 Å². The van der Waals surface area contributed by atoms with Gasteiger partial charge in [-0.3, -0.25) is 4.79 Å². The highest BCUT2D eigenvalue weighted by Crippen LogP contribution is 2.27. The molecule has 0 bridgehead atoms. The number of amides is 1. The number of likely N-dealkylation sites (tertiary alicyclic amines) is 2. The van der Waals surface area contributed by atoms with Gasteiger partial charge in [0.1, 0.15) is 0 Å². The van der Waals surface area contributed by atoms with Crippen LogP contribution in [-0.2, 0) is 0 Å². The number of benzene rings is 1. The Hall–Kier alpha value is -1.43. The number of nitrogens with zero attached hydrogens (tertiary/aromatic N) is 2. The van der Waals surface area contributed by atoms with E-state index >= 15 is 0 Å². The molecule has 2 aliphatic rings. The van der Waals surface area contributed by atoms with Crippen LogP contribution in [0.2, 0.25) is 0 Å². The van der Waals surface area contributed by atoms with E-state index in [4.69, 9.17) is 0 Å². The van der Waals surface area contributed by atoms with Crippen molar-refractivity contribution in [1.29, 1.82) is 0 Å². The average Bonchev–Trinajstić information content (AvgIpc) is 3.01. The van der Waals surface area contributed by atoms with E-state index in [0.29, 0.717) is 19.0 Å². The van der Waals surface area contributed by atoms with Gasteiger partial charge in [0.15, 0.2) is 0 Å². The number of hydrogen-bond donors (Lipinski definition) is 2. The Labute approximate surface area is 150 Å². The molecule has 0 aliphatic carbocycles. The number of aliphatic hydroxyl groups excluding tert-OH is 2. The Morgan fingerprint density at radius 3 is 2.52 bits per heavy atom. The van der Waals surface area contributed by atoms with Crippen LogP contribution in [0.3, 0.4) is 0 Å². The van der Waals surface area contributed by atoms with E-state index in [1.54, 1.807) is 0 Å². The van der Waals surface area contributed by atoms with Gasteiger partial charge < -0.3 is 20.0 Å². The predicted molar refractivity (Wildman–Crippen MR) is 97.6 cm³/mol. The number of hydrogen-bond acceptors (Lipinski definition) is 4. The molecular weight excluding hydrogens is 316 g/mol. The number of aliphatic hydroxyl groups is 2. The summed E-state index contributed by atoms with van der Waals surface area (Å²) in [6.07, 6.45) is 1.47. The second-order valence-corrected chi connectivity index (χ2v) is 7.76. The summed E-state index contributed by atoms with van der Waals surface area (Å²) in [7, 11) is 0. The molecule has 138 valence electrons. The Bertz CT molecular complexity index is 611. The SMILES string of the molecule is Cc1ccc(C)c(C(=O)N2C[C@@H](CO)[C@@H](CN3CCC(O)CC3)C2)c1. The van der Waals surface area contributed by atoms with Gasteiger partial charge >= 0.3 is 0 Å². The average molecular weight is 346 g/mol. The van der Waals surface area contributed by atoms with Crippen LogP contribution in [0.4, 0.5) is 0 Å². The monoisotopic (exact) mass is 346 g/mol. The number of carbonyl (C=O) groups excluding carboxylic acids is 1. The lowest BCUT2D eigenvalue weighted by Crippen LogP contribution is -2.40. The lowest BCUT2D eigenvalue weighted by molar-refractivity contribution is 0.0679. The van der Waals surface area contributed by atoms with Crippen molar-refractivity contribution >= 4 is 5.91 Å². The van der Waals surface area contributed by atoms with Gasteiger partial charge in [0.2, 0.25) is 0 Å². The van der Waals surface area contributed by atoms with E-state index in [1.807, 2.05) is 36.9 Å². The van der Waals surface area contributed by atoms with Gasteiger partial charge in [0.25, 0.3) is 5.91 Å². The molecule has 0 radical (unpaired) electrons. The van der Waals surface area contributed by atoms with Crippen molar-refractivity contribution < 1.29 is 15.0 Å². The molecule has 0 spiro atoms. The first kappa shape index (κ1) is 18.4. The fourth-order valence-corrected chi connectivity index (χ4v) is 4.09. The molecule has 0 aromatic heterocycles. The van der Waals surface area contributed by atoms with Crippen molar-refractivity contribution in [3.05, 3.63) is 34.9 Å². The molecule has 3 rings (SSSR count). The topological polar surface area (TPSA) is 64.0 Å². The summed E-state index contributed by atoms with van der Waals surface area (Å²) in [4.78, 5) is 17.2. The highest BCUT2D eigenvalue weighted by Gasteiger charge is 2.36. The Morgan fingerprint density at radius 1 is 1.16 bits per heavy atom. The van der Waals surface area contributed by atoms with Crippen LogP contribution < -0.4 is 0 Å². The minimum absolute atomic E-state index is 0.0798. The number of piperidine rings is 1. The van der Waals surface area contributed by atoms with Crippen LogP contribution in [0, 0.1) is 25.7 Å². The predicted octanol–water partition coefficient (Wildman–Crippen LogP) is 1.44. The summed E-state index contributed by atoms with van der Waals surface area (Å²) in [5.74, 6) is 0.520. The standard InChI is InChI=1S/C20H30N2O3/c1-14-3-4-15(2)19(9-14)20(25)22-11-16(17(12-22)13-23)10-21-7-5-18(24)6-8-21/h3-4,9,16-18,23-24H,5-8,10-13H2,1-2H3/t16-,17-/m0/s1. The van der Waals surface area contributed by atoms with Crippen LogP contribution in [0.1, 0.15) is 34.3 Å². The molecule has 2 aliphatic heterocycles. The second kappa shape index (κ2) is 7.85. The van der Waals surface area contributed by atoms with Crippen LogP contribution in [0.25, 0.3) is 0 Å². The largest absolute Gasteiger partial charge is 0.396 e. The molecule has 0 unspecified atom stereocenters. The highest BCUT2D eigenvalue weighted by molar-refractivity contribution is 5.96. The molecule has 1 aromatic carbocycles. The fourth-order valence-electron chi connectivity index (χ4n) is 4.09. The van der Waals surface area contributed by atoms with Crippen molar-refractivity contribution in [2.45, 2.75) is 32.8 Å². The van der Waals surface area contributed by atoms with Gasteiger partial charge in [-0.1, -0.05) is 17.7 Å². The second-order valence-electron chi connectivity index (χ2n) is 7.76. The van der Waals surface area contributed by atoms with E-state index in [1.165, 1.54) is 0 Å². The molecule has 25 heavy (non-hydrogen) atoms. The van der Waals surface area contributed by atoms with Crippen LogP contribution in [0.5, 0.6) is 0 Å². The smallest absolute Gasteiger partial charge is 0.254 e. The Balaban J connectivity index is 1.66. The molecular formula is C20H30N2O3. The maximum absolute atomic E-state index is 13.0. The third kappa shape index (κ3) is 4.22. The number of carbonyl (C=O) groups is 1. The highest BCUT2D eigenvalue weighted by atomic mass is 16.3. The third-order valence-corrected chi connectivity index (χ3v) is 5.77. The van der Waals surface area contributed by atoms with Crippen molar-refractivity contribution in [1.82, 2.24) is 9.80 Å². The summed E-state index contributed by atoms with van der Waals surface area (Å²) >= 11 is 0. The first-order chi connectivity index (χ1) is 12.0. The zero-order valence-electron chi connectivity index (χ0n) is 15.3. The molecule has 2 fully saturated rings. The molecule has 2 saturated heterocycles. The Morgan fingerprint density at radius 2 is 1.84 bits per heavy atom. The summed E-state index contributed by atoms with van der Waals surface area (Å²) in [6.45, 7) is 8.14. The zero-order chi connectivity index (χ0) is 18.0. The van der Waals surface area contributed by atoms with Crippen molar-refractivity contribution in [2.75, 3.05) is 39.3 Å². The summed E-state index contributed by atoms with van der Waals surface area (Å²) in [5, 5.41) is 19.4. The molecule has 2 atom stereocenters. The van der Waals surface area contributed by atoms with E-state index in [0.717, 1.165) is 49.2 Å². The molecule has 5 nitrogen and oxygen atoms in total. The number of rotatable bonds is 4. The van der Waals surface area contributed by atoms with Crippen molar-refractivity contribution in [3.8, 4) is 0 Å². The van der Waals surface area contributed by atoms with E-state index in [2.05, 4.69) is 4.90 Å². The molecule has 5 heteroatoms. The summed E-state index contributed by atoms with van der Waals surface area (Å²) in [6, 6.07) is 5.99. The third-order valence-electron chi connectivity index (χ3n) is 5.77. The van der Waals surface area contributed by atoms with E-state index in [-0.39, 0.29) is 24.5 Å². The first-order valence-corrected chi connectivity index (χ1v) is 9.35. The first-order valence-electron chi connectivity index (χ1n) is 9.35. The molecule has 2 heterocycles. The number of aryl methyl sites for hydroxylation is 2.